The van der Waals surface area contributed by atoms with Gasteiger partial charge in [0.25, 0.3) is 0 Å². The van der Waals surface area contributed by atoms with Gasteiger partial charge in [-0.25, -0.2) is 9.55 Å². The van der Waals surface area contributed by atoms with Gasteiger partial charge in [-0.3, -0.25) is 0 Å². The van der Waals surface area contributed by atoms with Crippen LogP contribution in [-0.4, -0.2) is 4.98 Å². The standard InChI is InChI=1S/C9H9ClN2/c1-2-12-6-11-8-5-7(10)3-4-9(8)12/h3-6H,2H2,1H3/p+1. The summed E-state index contributed by atoms with van der Waals surface area (Å²) in [6, 6.07) is 5.87. The van der Waals surface area contributed by atoms with Crippen LogP contribution in [-0.2, 0) is 6.54 Å². The van der Waals surface area contributed by atoms with E-state index in [2.05, 4.69) is 16.5 Å². The molecule has 0 radical (unpaired) electrons. The third-order valence-corrected chi connectivity index (χ3v) is 2.22. The van der Waals surface area contributed by atoms with Gasteiger partial charge in [0, 0.05) is 11.1 Å². The zero-order valence-electron chi connectivity index (χ0n) is 6.84. The predicted molar refractivity (Wildman–Crippen MR) is 49.2 cm³/mol. The summed E-state index contributed by atoms with van der Waals surface area (Å²) in [5.74, 6) is 0. The van der Waals surface area contributed by atoms with Crippen LogP contribution in [0.5, 0.6) is 0 Å². The molecule has 1 N–H and O–H groups in total. The number of hydrogen-bond donors (Lipinski definition) is 1. The van der Waals surface area contributed by atoms with Gasteiger partial charge in [-0.15, -0.1) is 0 Å². The van der Waals surface area contributed by atoms with Crippen LogP contribution in [0.4, 0.5) is 0 Å². The van der Waals surface area contributed by atoms with E-state index in [4.69, 9.17) is 11.6 Å². The van der Waals surface area contributed by atoms with Crippen molar-refractivity contribution in [1.82, 2.24) is 4.98 Å². The van der Waals surface area contributed by atoms with Gasteiger partial charge in [0.2, 0.25) is 6.33 Å². The fraction of sp³-hybridized carbons (Fsp3) is 0.222. The lowest BCUT2D eigenvalue weighted by Crippen LogP contribution is -2.29. The van der Waals surface area contributed by atoms with E-state index in [1.54, 1.807) is 0 Å². The average molecular weight is 182 g/mol. The van der Waals surface area contributed by atoms with Crippen LogP contribution >= 0.6 is 11.6 Å². The quantitative estimate of drug-likeness (QED) is 0.651. The summed E-state index contributed by atoms with van der Waals surface area (Å²) in [6.07, 6.45) is 1.96. The number of rotatable bonds is 1. The highest BCUT2D eigenvalue weighted by Crippen LogP contribution is 2.14. The highest BCUT2D eigenvalue weighted by molar-refractivity contribution is 6.31. The van der Waals surface area contributed by atoms with E-state index in [0.717, 1.165) is 17.1 Å². The topological polar surface area (TPSA) is 19.7 Å². The zero-order valence-corrected chi connectivity index (χ0v) is 7.60. The molecule has 0 aliphatic carbocycles. The Morgan fingerprint density at radius 2 is 2.33 bits per heavy atom. The van der Waals surface area contributed by atoms with Crippen LogP contribution < -0.4 is 4.57 Å². The number of imidazole rings is 1. The molecule has 0 spiro atoms. The Morgan fingerprint density at radius 3 is 3.08 bits per heavy atom. The van der Waals surface area contributed by atoms with Crippen molar-refractivity contribution >= 4 is 22.6 Å². The fourth-order valence-corrected chi connectivity index (χ4v) is 1.53. The summed E-state index contributed by atoms with van der Waals surface area (Å²) in [4.78, 5) is 3.16. The molecule has 0 fully saturated rings. The molecule has 3 heteroatoms. The molecule has 0 atom stereocenters. The Hall–Kier alpha value is -1.02. The highest BCUT2D eigenvalue weighted by Gasteiger charge is 2.06. The molecule has 0 saturated heterocycles. The second kappa shape index (κ2) is 2.79. The molecule has 1 aromatic heterocycles. The first-order chi connectivity index (χ1) is 5.81. The number of hydrogen-bond acceptors (Lipinski definition) is 0. The molecule has 2 aromatic rings. The minimum Gasteiger partial charge on any atom is -0.243 e. The number of aromatic nitrogens is 2. The molecule has 62 valence electrons. The van der Waals surface area contributed by atoms with Gasteiger partial charge >= 0.3 is 0 Å². The van der Waals surface area contributed by atoms with Gasteiger partial charge in [0.15, 0.2) is 11.0 Å². The largest absolute Gasteiger partial charge is 0.243 e. The van der Waals surface area contributed by atoms with Crippen molar-refractivity contribution < 1.29 is 4.57 Å². The van der Waals surface area contributed by atoms with Gasteiger partial charge in [-0.2, -0.15) is 0 Å². The predicted octanol–water partition coefficient (Wildman–Crippen LogP) is 2.13. The molecule has 1 aromatic carbocycles. The number of aryl methyl sites for hydroxylation is 1. The monoisotopic (exact) mass is 181 g/mol. The molecule has 0 aliphatic rings. The first-order valence-corrected chi connectivity index (χ1v) is 4.35. The fourth-order valence-electron chi connectivity index (χ4n) is 1.35. The van der Waals surface area contributed by atoms with Crippen molar-refractivity contribution in [3.05, 3.63) is 29.5 Å². The number of nitrogens with one attached hydrogen (secondary N) is 1. The maximum atomic E-state index is 5.84. The molecule has 1 heterocycles. The van der Waals surface area contributed by atoms with E-state index in [9.17, 15) is 0 Å². The Morgan fingerprint density at radius 1 is 1.50 bits per heavy atom. The lowest BCUT2D eigenvalue weighted by molar-refractivity contribution is -0.667. The second-order valence-electron chi connectivity index (χ2n) is 2.72. The molecule has 0 amide bonds. The smallest absolute Gasteiger partial charge is 0.242 e. The van der Waals surface area contributed by atoms with Crippen molar-refractivity contribution in [2.45, 2.75) is 13.5 Å². The van der Waals surface area contributed by atoms with E-state index in [-0.39, 0.29) is 0 Å². The molecule has 2 nitrogen and oxygen atoms in total. The van der Waals surface area contributed by atoms with Crippen LogP contribution in [0.3, 0.4) is 0 Å². The number of benzene rings is 1. The van der Waals surface area contributed by atoms with Crippen molar-refractivity contribution in [1.29, 1.82) is 0 Å². The Bertz CT molecular complexity index is 406. The Balaban J connectivity index is 2.73. The van der Waals surface area contributed by atoms with Gasteiger partial charge in [0.05, 0.1) is 6.54 Å². The van der Waals surface area contributed by atoms with Crippen LogP contribution in [0.2, 0.25) is 5.02 Å². The van der Waals surface area contributed by atoms with Gasteiger partial charge in [0.1, 0.15) is 0 Å². The molecule has 0 saturated carbocycles. The Labute approximate surface area is 75.8 Å². The third kappa shape index (κ3) is 1.08. The summed E-state index contributed by atoms with van der Waals surface area (Å²) in [6.45, 7) is 3.09. The maximum absolute atomic E-state index is 5.84. The van der Waals surface area contributed by atoms with E-state index >= 15 is 0 Å². The van der Waals surface area contributed by atoms with Crippen LogP contribution in [0, 0.1) is 0 Å². The SMILES string of the molecule is CC[n+]1c[nH]c2cc(Cl)ccc21. The van der Waals surface area contributed by atoms with Crippen molar-refractivity contribution in [2.24, 2.45) is 0 Å². The highest BCUT2D eigenvalue weighted by atomic mass is 35.5. The number of halogens is 1. The average Bonchev–Trinajstić information content (AvgIpc) is 2.46. The van der Waals surface area contributed by atoms with Crippen molar-refractivity contribution in [3.63, 3.8) is 0 Å². The summed E-state index contributed by atoms with van der Waals surface area (Å²) < 4.78 is 2.14. The van der Waals surface area contributed by atoms with E-state index in [0.29, 0.717) is 0 Å². The molecular weight excluding hydrogens is 172 g/mol. The lowest BCUT2D eigenvalue weighted by Gasteiger charge is -1.90. The van der Waals surface area contributed by atoms with E-state index < -0.39 is 0 Å². The first-order valence-electron chi connectivity index (χ1n) is 3.97. The summed E-state index contributed by atoms with van der Waals surface area (Å²) >= 11 is 5.84. The molecular formula is C9H10ClN2+. The maximum Gasteiger partial charge on any atom is 0.242 e. The van der Waals surface area contributed by atoms with Gasteiger partial charge in [-0.05, 0) is 19.1 Å². The third-order valence-electron chi connectivity index (χ3n) is 1.98. The van der Waals surface area contributed by atoms with Crippen LogP contribution in [0.25, 0.3) is 11.0 Å². The summed E-state index contributed by atoms with van der Waals surface area (Å²) in [5.41, 5.74) is 2.28. The van der Waals surface area contributed by atoms with E-state index in [1.807, 2.05) is 24.5 Å². The van der Waals surface area contributed by atoms with Crippen molar-refractivity contribution in [2.75, 3.05) is 0 Å². The Kier molecular flexibility index (Phi) is 1.77. The molecule has 2 rings (SSSR count). The molecule has 12 heavy (non-hydrogen) atoms. The normalized spacial score (nSPS) is 10.8. The zero-order chi connectivity index (χ0) is 8.55. The molecule has 0 unspecified atom stereocenters. The van der Waals surface area contributed by atoms with Gasteiger partial charge in [-0.1, -0.05) is 11.6 Å². The van der Waals surface area contributed by atoms with Gasteiger partial charge < -0.3 is 0 Å². The minimum atomic E-state index is 0.771. The first kappa shape index (κ1) is 7.62. The number of fused-ring (bicyclic) bond motifs is 1. The molecule has 0 bridgehead atoms. The van der Waals surface area contributed by atoms with Crippen LogP contribution in [0.15, 0.2) is 24.5 Å². The van der Waals surface area contributed by atoms with Crippen LogP contribution in [0.1, 0.15) is 6.92 Å². The lowest BCUT2D eigenvalue weighted by atomic mass is 10.3. The number of H-pyrrole nitrogens is 1. The molecule has 0 aliphatic heterocycles. The number of aromatic amines is 1. The number of nitrogens with zero attached hydrogens (tertiary/aromatic N) is 1. The second-order valence-corrected chi connectivity index (χ2v) is 3.16. The van der Waals surface area contributed by atoms with E-state index in [1.165, 1.54) is 5.52 Å². The van der Waals surface area contributed by atoms with Crippen molar-refractivity contribution in [3.8, 4) is 0 Å². The minimum absolute atomic E-state index is 0.771. The summed E-state index contributed by atoms with van der Waals surface area (Å²) in [5, 5.41) is 0.771. The summed E-state index contributed by atoms with van der Waals surface area (Å²) in [7, 11) is 0.